The summed E-state index contributed by atoms with van der Waals surface area (Å²) < 4.78 is 0. The Morgan fingerprint density at radius 3 is 2.02 bits per heavy atom. The largest absolute Gasteiger partial charge is 0.310 e. The Morgan fingerprint density at radius 2 is 1.26 bits per heavy atom. The van der Waals surface area contributed by atoms with Crippen molar-refractivity contribution in [2.24, 2.45) is 35.0 Å². The quantitative estimate of drug-likeness (QED) is 0.175. The van der Waals surface area contributed by atoms with Crippen LogP contribution in [0.5, 0.6) is 0 Å². The van der Waals surface area contributed by atoms with Crippen LogP contribution in [0.25, 0.3) is 22.3 Å². The van der Waals surface area contributed by atoms with Gasteiger partial charge in [0.1, 0.15) is 0 Å². The predicted octanol–water partition coefficient (Wildman–Crippen LogP) is 15.9. The van der Waals surface area contributed by atoms with E-state index in [4.69, 9.17) is 0 Å². The molecule has 2 bridgehead atoms. The molecule has 0 aliphatic heterocycles. The van der Waals surface area contributed by atoms with Gasteiger partial charge in [0, 0.05) is 33.7 Å². The van der Waals surface area contributed by atoms with E-state index in [1.165, 1.54) is 106 Å². The molecule has 0 radical (unpaired) electrons. The number of benzene rings is 5. The molecular weight excluding hydrogens is 747 g/mol. The Labute approximate surface area is 371 Å². The molecule has 8 atom stereocenters. The molecule has 4 saturated carbocycles. The summed E-state index contributed by atoms with van der Waals surface area (Å²) in [5.41, 5.74) is 21.0. The van der Waals surface area contributed by atoms with Crippen LogP contribution in [0.15, 0.2) is 121 Å². The van der Waals surface area contributed by atoms with Gasteiger partial charge in [-0.2, -0.15) is 0 Å². The zero-order valence-electron chi connectivity index (χ0n) is 38.7. The lowest BCUT2D eigenvalue weighted by Crippen LogP contribution is -2.75. The first-order valence-corrected chi connectivity index (χ1v) is 24.4. The first-order chi connectivity index (χ1) is 29.5. The number of hydrogen-bond acceptors (Lipinski definition) is 1. The summed E-state index contributed by atoms with van der Waals surface area (Å²) in [7, 11) is 0. The van der Waals surface area contributed by atoms with Crippen molar-refractivity contribution in [2.75, 3.05) is 4.90 Å². The van der Waals surface area contributed by atoms with Crippen LogP contribution in [0.2, 0.25) is 0 Å². The van der Waals surface area contributed by atoms with Gasteiger partial charge in [0.15, 0.2) is 0 Å². The van der Waals surface area contributed by atoms with Gasteiger partial charge in [0.05, 0.1) is 5.69 Å². The molecule has 1 nitrogen and oxygen atoms in total. The molecule has 13 rings (SSSR count). The summed E-state index contributed by atoms with van der Waals surface area (Å²) in [4.78, 5) is 2.73. The third-order valence-corrected chi connectivity index (χ3v) is 19.5. The summed E-state index contributed by atoms with van der Waals surface area (Å²) in [5.74, 6) is 4.53. The average molecular weight is 812 g/mol. The second-order valence-electron chi connectivity index (χ2n) is 24.5. The van der Waals surface area contributed by atoms with Gasteiger partial charge in [-0.1, -0.05) is 147 Å². The van der Waals surface area contributed by atoms with Crippen LogP contribution in [0.3, 0.4) is 0 Å². The predicted molar refractivity (Wildman–Crippen MR) is 259 cm³/mol. The van der Waals surface area contributed by atoms with Crippen molar-refractivity contribution in [1.82, 2.24) is 0 Å². The van der Waals surface area contributed by atoms with E-state index in [0.717, 1.165) is 23.7 Å². The van der Waals surface area contributed by atoms with Crippen molar-refractivity contribution in [3.05, 3.63) is 160 Å². The zero-order chi connectivity index (χ0) is 42.5. The smallest absolute Gasteiger partial charge is 0.0543 e. The Bertz CT molecular complexity index is 2820. The van der Waals surface area contributed by atoms with E-state index in [-0.39, 0.29) is 27.1 Å². The molecule has 2 spiro atoms. The van der Waals surface area contributed by atoms with Gasteiger partial charge in [0.25, 0.3) is 0 Å². The van der Waals surface area contributed by atoms with E-state index in [1.54, 1.807) is 11.1 Å². The first kappa shape index (κ1) is 37.9. The molecule has 5 aromatic carbocycles. The molecule has 0 aromatic heterocycles. The van der Waals surface area contributed by atoms with E-state index >= 15 is 0 Å². The van der Waals surface area contributed by atoms with Crippen LogP contribution in [0, 0.1) is 35.0 Å². The molecule has 8 aliphatic carbocycles. The molecule has 0 heterocycles. The highest BCUT2D eigenvalue weighted by Crippen LogP contribution is 2.90. The lowest BCUT2D eigenvalue weighted by atomic mass is 9.26. The van der Waals surface area contributed by atoms with E-state index in [2.05, 4.69) is 189 Å². The van der Waals surface area contributed by atoms with Gasteiger partial charge in [0.2, 0.25) is 0 Å². The summed E-state index contributed by atoms with van der Waals surface area (Å²) in [6, 6.07) is 39.4. The number of hydrogen-bond donors (Lipinski definition) is 0. The monoisotopic (exact) mass is 812 g/mol. The highest BCUT2D eigenvalue weighted by molar-refractivity contribution is 5.92. The standard InChI is InChI=1S/C61H65N/c1-56(2,3)38-20-18-37(19-21-38)45-33-46-43-15-11-13-17-48(43)61(54-29-36-28-39-30-55(61)60(39,54)35-36)51(46)34-53(45)62(41-23-25-49-52(32-41)58(6,7)27-26-57(49,4)5)40-22-24-44-42-14-10-12-16-47(42)59(8,9)50(44)31-40/h10-25,31-34,36,39,43,48,54-55H,26-30,35H2,1-9H3. The number of allylic oxidation sites excluding steroid dienone is 4. The number of rotatable bonds is 4. The molecule has 8 aliphatic rings. The van der Waals surface area contributed by atoms with E-state index in [1.807, 2.05) is 0 Å². The van der Waals surface area contributed by atoms with Crippen molar-refractivity contribution < 1.29 is 0 Å². The third kappa shape index (κ3) is 4.57. The van der Waals surface area contributed by atoms with Crippen LogP contribution in [-0.4, -0.2) is 0 Å². The second-order valence-corrected chi connectivity index (χ2v) is 24.5. The lowest BCUT2D eigenvalue weighted by Gasteiger charge is -2.78. The fourth-order valence-corrected chi connectivity index (χ4v) is 16.5. The van der Waals surface area contributed by atoms with Crippen molar-refractivity contribution in [1.29, 1.82) is 0 Å². The molecule has 0 N–H and O–H groups in total. The van der Waals surface area contributed by atoms with Gasteiger partial charge in [-0.25, -0.2) is 0 Å². The summed E-state index contributed by atoms with van der Waals surface area (Å²) >= 11 is 0. The van der Waals surface area contributed by atoms with Crippen molar-refractivity contribution in [2.45, 2.75) is 134 Å². The fraction of sp³-hybridized carbons (Fsp3) is 0.443. The lowest BCUT2D eigenvalue weighted by molar-refractivity contribution is -0.259. The second kappa shape index (κ2) is 11.9. The molecule has 314 valence electrons. The Morgan fingerprint density at radius 1 is 0.581 bits per heavy atom. The van der Waals surface area contributed by atoms with Crippen molar-refractivity contribution in [3.63, 3.8) is 0 Å². The van der Waals surface area contributed by atoms with Crippen LogP contribution >= 0.6 is 0 Å². The molecule has 62 heavy (non-hydrogen) atoms. The van der Waals surface area contributed by atoms with Gasteiger partial charge in [-0.05, 0) is 182 Å². The maximum Gasteiger partial charge on any atom is 0.0543 e. The summed E-state index contributed by atoms with van der Waals surface area (Å²) in [6.45, 7) is 21.8. The molecule has 8 unspecified atom stereocenters. The molecule has 4 fully saturated rings. The maximum atomic E-state index is 2.80. The Kier molecular flexibility index (Phi) is 7.29. The number of nitrogens with zero attached hydrogens (tertiary/aromatic N) is 1. The molecular formula is C61H65N. The molecule has 0 saturated heterocycles. The number of anilines is 3. The molecule has 1 heteroatoms. The average Bonchev–Trinajstić information content (AvgIpc) is 3.94. The van der Waals surface area contributed by atoms with Crippen LogP contribution in [0.4, 0.5) is 17.1 Å². The summed E-state index contributed by atoms with van der Waals surface area (Å²) in [5, 5.41) is 0. The van der Waals surface area contributed by atoms with Crippen molar-refractivity contribution in [3.8, 4) is 22.3 Å². The fourth-order valence-electron chi connectivity index (χ4n) is 16.5. The molecule has 0 amide bonds. The SMILES string of the molecule is CC(C)(C)c1ccc(-c2cc3c(cc2N(c2ccc4c(c2)C(C)(C)CCC4(C)C)c2ccc4c(c2)C(C)(C)c2ccccc2-4)C2(C4C=CC=CC34)C3CC4CC5CC2C53C4)cc1. The van der Waals surface area contributed by atoms with Crippen LogP contribution in [-0.2, 0) is 27.1 Å². The summed E-state index contributed by atoms with van der Waals surface area (Å²) in [6.07, 6.45) is 18.3. The highest BCUT2D eigenvalue weighted by atomic mass is 15.1. The minimum Gasteiger partial charge on any atom is -0.310 e. The maximum absolute atomic E-state index is 2.80. The Balaban J connectivity index is 1.09. The minimum atomic E-state index is -0.0970. The number of fused-ring (bicyclic) bond motifs is 12. The first-order valence-electron chi connectivity index (χ1n) is 24.4. The van der Waals surface area contributed by atoms with Crippen LogP contribution in [0.1, 0.15) is 146 Å². The van der Waals surface area contributed by atoms with Gasteiger partial charge >= 0.3 is 0 Å². The van der Waals surface area contributed by atoms with E-state index in [9.17, 15) is 0 Å². The minimum absolute atomic E-state index is 0.0874. The topological polar surface area (TPSA) is 3.24 Å². The van der Waals surface area contributed by atoms with Crippen molar-refractivity contribution >= 4 is 17.1 Å². The highest BCUT2D eigenvalue weighted by Gasteiger charge is 2.85. The van der Waals surface area contributed by atoms with Crippen LogP contribution < -0.4 is 4.90 Å². The molecule has 5 aromatic rings. The van der Waals surface area contributed by atoms with Gasteiger partial charge < -0.3 is 4.90 Å². The van der Waals surface area contributed by atoms with E-state index < -0.39 is 0 Å². The van der Waals surface area contributed by atoms with E-state index in [0.29, 0.717) is 17.3 Å². The van der Waals surface area contributed by atoms with Gasteiger partial charge in [-0.15, -0.1) is 0 Å². The normalized spacial score (nSPS) is 32.3. The Hall–Kier alpha value is -4.62. The van der Waals surface area contributed by atoms with Gasteiger partial charge in [-0.3, -0.25) is 0 Å². The third-order valence-electron chi connectivity index (χ3n) is 19.5. The zero-order valence-corrected chi connectivity index (χ0v) is 38.7.